The summed E-state index contributed by atoms with van der Waals surface area (Å²) in [5, 5.41) is 3.64. The van der Waals surface area contributed by atoms with Gasteiger partial charge in [-0.15, -0.1) is 17.9 Å². The van der Waals surface area contributed by atoms with Gasteiger partial charge in [0.25, 0.3) is 5.56 Å². The van der Waals surface area contributed by atoms with E-state index >= 15 is 0 Å². The molecule has 0 spiro atoms. The van der Waals surface area contributed by atoms with Crippen molar-refractivity contribution in [1.29, 1.82) is 0 Å². The topological polar surface area (TPSA) is 84.3 Å². The average molecular weight is 475 g/mol. The molecule has 0 atom stereocenters. The number of carbonyl (C=O) groups excluding carboxylic acids is 2. The van der Waals surface area contributed by atoms with E-state index in [4.69, 9.17) is 0 Å². The summed E-state index contributed by atoms with van der Waals surface area (Å²) in [5.41, 5.74) is 1.21. The van der Waals surface area contributed by atoms with Gasteiger partial charge in [-0.25, -0.2) is 9.37 Å². The number of allylic oxidation sites excluding steroid dienone is 1. The summed E-state index contributed by atoms with van der Waals surface area (Å²) in [4.78, 5) is 45.3. The van der Waals surface area contributed by atoms with Crippen LogP contribution in [0.15, 0.2) is 46.9 Å². The summed E-state index contributed by atoms with van der Waals surface area (Å²) in [6, 6.07) is 5.37. The van der Waals surface area contributed by atoms with E-state index in [1.807, 2.05) is 13.8 Å². The Balaban J connectivity index is 1.68. The summed E-state index contributed by atoms with van der Waals surface area (Å²) in [7, 11) is 1.52. The van der Waals surface area contributed by atoms with Gasteiger partial charge in [-0.3, -0.25) is 19.0 Å². The first-order chi connectivity index (χ1) is 15.2. The zero-order chi connectivity index (χ0) is 23.4. The Bertz CT molecular complexity index is 1230. The Morgan fingerprint density at radius 2 is 2.00 bits per heavy atom. The molecule has 0 saturated carbocycles. The number of hydrogen-bond acceptors (Lipinski definition) is 6. The van der Waals surface area contributed by atoms with E-state index in [2.05, 4.69) is 16.9 Å². The van der Waals surface area contributed by atoms with Crippen molar-refractivity contribution in [1.82, 2.24) is 14.5 Å². The number of hydrogen-bond donors (Lipinski definition) is 1. The third-order valence-corrected chi connectivity index (χ3v) is 6.89. The van der Waals surface area contributed by atoms with Crippen LogP contribution in [0, 0.1) is 19.7 Å². The van der Waals surface area contributed by atoms with Gasteiger partial charge in [0, 0.05) is 24.2 Å². The van der Waals surface area contributed by atoms with Gasteiger partial charge in [0.2, 0.25) is 11.8 Å². The Labute approximate surface area is 193 Å². The second kappa shape index (κ2) is 10.1. The Kier molecular flexibility index (Phi) is 7.47. The van der Waals surface area contributed by atoms with E-state index in [0.29, 0.717) is 21.1 Å². The fraction of sp³-hybridized carbons (Fsp3) is 0.273. The first-order valence-corrected chi connectivity index (χ1v) is 11.5. The van der Waals surface area contributed by atoms with E-state index in [9.17, 15) is 18.8 Å². The standard InChI is InChI=1S/C22H23FN4O3S2/c1-5-10-27-21(30)19-13(2)14(3)32-20(19)25-22(27)31-12-18(29)26(4)11-17(28)24-16-8-6-15(23)7-9-16/h5-9H,1,10-12H2,2-4H3,(H,24,28). The summed E-state index contributed by atoms with van der Waals surface area (Å²) in [5.74, 6) is -1.08. The van der Waals surface area contributed by atoms with Crippen LogP contribution in [0.4, 0.5) is 10.1 Å². The Morgan fingerprint density at radius 3 is 2.66 bits per heavy atom. The van der Waals surface area contributed by atoms with Gasteiger partial charge >= 0.3 is 0 Å². The summed E-state index contributed by atoms with van der Waals surface area (Å²) < 4.78 is 14.5. The molecule has 0 aliphatic heterocycles. The van der Waals surface area contributed by atoms with Gasteiger partial charge in [0.05, 0.1) is 17.7 Å². The van der Waals surface area contributed by atoms with Crippen molar-refractivity contribution in [2.75, 3.05) is 24.7 Å². The molecule has 32 heavy (non-hydrogen) atoms. The van der Waals surface area contributed by atoms with Crippen molar-refractivity contribution in [3.63, 3.8) is 0 Å². The van der Waals surface area contributed by atoms with Gasteiger partial charge < -0.3 is 10.2 Å². The molecule has 3 rings (SSSR count). The summed E-state index contributed by atoms with van der Waals surface area (Å²) in [6.07, 6.45) is 1.61. The van der Waals surface area contributed by atoms with Crippen LogP contribution in [0.1, 0.15) is 10.4 Å². The zero-order valence-electron chi connectivity index (χ0n) is 18.0. The van der Waals surface area contributed by atoms with Gasteiger partial charge in [0.1, 0.15) is 10.6 Å². The smallest absolute Gasteiger partial charge is 0.263 e. The number of nitrogens with zero attached hydrogens (tertiary/aromatic N) is 3. The molecule has 0 aliphatic carbocycles. The number of carbonyl (C=O) groups is 2. The normalized spacial score (nSPS) is 10.9. The van der Waals surface area contributed by atoms with Gasteiger partial charge in [-0.1, -0.05) is 17.8 Å². The van der Waals surface area contributed by atoms with E-state index in [-0.39, 0.29) is 30.3 Å². The number of nitrogens with one attached hydrogen (secondary N) is 1. The number of rotatable bonds is 8. The minimum Gasteiger partial charge on any atom is -0.336 e. The third-order valence-electron chi connectivity index (χ3n) is 4.82. The van der Waals surface area contributed by atoms with E-state index < -0.39 is 11.7 Å². The van der Waals surface area contributed by atoms with Gasteiger partial charge in [-0.2, -0.15) is 0 Å². The van der Waals surface area contributed by atoms with Crippen molar-refractivity contribution < 1.29 is 14.0 Å². The molecule has 2 amide bonds. The van der Waals surface area contributed by atoms with Crippen molar-refractivity contribution in [2.45, 2.75) is 25.5 Å². The monoisotopic (exact) mass is 474 g/mol. The number of benzene rings is 1. The SMILES string of the molecule is C=CCn1c(SCC(=O)N(C)CC(=O)Nc2ccc(F)cc2)nc2sc(C)c(C)c2c1=O. The van der Waals surface area contributed by atoms with Crippen LogP contribution in [0.2, 0.25) is 0 Å². The maximum atomic E-state index is 13.0. The second-order valence-electron chi connectivity index (χ2n) is 7.16. The molecule has 10 heteroatoms. The maximum absolute atomic E-state index is 13.0. The lowest BCUT2D eigenvalue weighted by Crippen LogP contribution is -2.36. The fourth-order valence-electron chi connectivity index (χ4n) is 2.98. The van der Waals surface area contributed by atoms with Crippen LogP contribution in [-0.4, -0.2) is 45.6 Å². The largest absolute Gasteiger partial charge is 0.336 e. The number of anilines is 1. The fourth-order valence-corrected chi connectivity index (χ4v) is 5.00. The molecule has 0 bridgehead atoms. The molecule has 168 valence electrons. The number of likely N-dealkylation sites (N-methyl/N-ethyl adjacent to an activating group) is 1. The quantitative estimate of drug-likeness (QED) is 0.306. The van der Waals surface area contributed by atoms with Crippen LogP contribution >= 0.6 is 23.1 Å². The molecule has 0 aliphatic rings. The molecule has 1 aromatic carbocycles. The molecule has 0 saturated heterocycles. The molecular formula is C22H23FN4O3S2. The number of aryl methyl sites for hydroxylation is 2. The van der Waals surface area contributed by atoms with E-state index in [1.165, 1.54) is 52.1 Å². The Hall–Kier alpha value is -2.98. The first-order valence-electron chi connectivity index (χ1n) is 9.75. The van der Waals surface area contributed by atoms with E-state index in [1.54, 1.807) is 6.08 Å². The lowest BCUT2D eigenvalue weighted by atomic mass is 10.2. The lowest BCUT2D eigenvalue weighted by Gasteiger charge is -2.17. The highest BCUT2D eigenvalue weighted by Gasteiger charge is 2.19. The molecule has 2 aromatic heterocycles. The number of amides is 2. The zero-order valence-corrected chi connectivity index (χ0v) is 19.6. The number of thioether (sulfide) groups is 1. The summed E-state index contributed by atoms with van der Waals surface area (Å²) >= 11 is 2.60. The molecule has 0 unspecified atom stereocenters. The molecular weight excluding hydrogens is 451 g/mol. The minimum atomic E-state index is -0.401. The molecule has 2 heterocycles. The molecule has 3 aromatic rings. The highest BCUT2D eigenvalue weighted by Crippen LogP contribution is 2.28. The molecule has 0 radical (unpaired) electrons. The Morgan fingerprint density at radius 1 is 1.31 bits per heavy atom. The lowest BCUT2D eigenvalue weighted by molar-refractivity contribution is -0.131. The number of aromatic nitrogens is 2. The van der Waals surface area contributed by atoms with Crippen LogP contribution in [-0.2, 0) is 16.1 Å². The number of halogens is 1. The second-order valence-corrected chi connectivity index (χ2v) is 9.30. The van der Waals surface area contributed by atoms with E-state index in [0.717, 1.165) is 22.2 Å². The highest BCUT2D eigenvalue weighted by molar-refractivity contribution is 7.99. The van der Waals surface area contributed by atoms with Crippen LogP contribution < -0.4 is 10.9 Å². The van der Waals surface area contributed by atoms with Crippen molar-refractivity contribution in [2.24, 2.45) is 0 Å². The van der Waals surface area contributed by atoms with Crippen molar-refractivity contribution >= 4 is 50.8 Å². The van der Waals surface area contributed by atoms with Crippen LogP contribution in [0.5, 0.6) is 0 Å². The van der Waals surface area contributed by atoms with Crippen molar-refractivity contribution in [3.05, 3.63) is 63.5 Å². The average Bonchev–Trinajstić information content (AvgIpc) is 3.03. The number of fused-ring (bicyclic) bond motifs is 1. The van der Waals surface area contributed by atoms with Crippen LogP contribution in [0.3, 0.4) is 0 Å². The predicted molar refractivity (Wildman–Crippen MR) is 127 cm³/mol. The van der Waals surface area contributed by atoms with Crippen LogP contribution in [0.25, 0.3) is 10.2 Å². The summed E-state index contributed by atoms with van der Waals surface area (Å²) in [6.45, 7) is 7.67. The predicted octanol–water partition coefficient (Wildman–Crippen LogP) is 3.59. The maximum Gasteiger partial charge on any atom is 0.263 e. The molecule has 0 fully saturated rings. The minimum absolute atomic E-state index is 0.0127. The molecule has 1 N–H and O–H groups in total. The van der Waals surface area contributed by atoms with Gasteiger partial charge in [-0.05, 0) is 43.7 Å². The van der Waals surface area contributed by atoms with Gasteiger partial charge in [0.15, 0.2) is 5.16 Å². The molecule has 7 nitrogen and oxygen atoms in total. The third kappa shape index (κ3) is 5.25. The highest BCUT2D eigenvalue weighted by atomic mass is 32.2. The van der Waals surface area contributed by atoms with Crippen molar-refractivity contribution in [3.8, 4) is 0 Å². The number of thiophene rings is 1. The first kappa shape index (κ1) is 23.7.